The van der Waals surface area contributed by atoms with Gasteiger partial charge in [-0.1, -0.05) is 30.3 Å². The van der Waals surface area contributed by atoms with Crippen LogP contribution in [0.1, 0.15) is 22.7 Å². The first kappa shape index (κ1) is 15.8. The van der Waals surface area contributed by atoms with Crippen LogP contribution in [0.15, 0.2) is 66.1 Å². The van der Waals surface area contributed by atoms with Crippen LogP contribution in [0.2, 0.25) is 0 Å². The second-order valence-electron chi connectivity index (χ2n) is 6.07. The highest BCUT2D eigenvalue weighted by Gasteiger charge is 2.36. The second kappa shape index (κ2) is 5.97. The Hall–Kier alpha value is -3.72. The molecule has 0 bridgehead atoms. The number of phenols is 1. The van der Waals surface area contributed by atoms with Gasteiger partial charge < -0.3 is 15.6 Å². The molecule has 0 unspecified atom stereocenters. The molecule has 128 valence electrons. The maximum atomic E-state index is 9.64. The molecule has 4 rings (SSSR count). The molecule has 26 heavy (non-hydrogen) atoms. The number of phenolic OH excluding ortho intramolecular Hbond substituents is 1. The van der Waals surface area contributed by atoms with Crippen LogP contribution < -0.4 is 10.5 Å². The fraction of sp³-hybridized carbons (Fsp3) is 0.100. The monoisotopic (exact) mass is 344 g/mol. The van der Waals surface area contributed by atoms with Crippen LogP contribution in [0.5, 0.6) is 11.6 Å². The quantitative estimate of drug-likeness (QED) is 0.744. The Labute approximate surface area is 150 Å². The summed E-state index contributed by atoms with van der Waals surface area (Å²) in [5.74, 6) is 0.327. The Bertz CT molecular complexity index is 1040. The van der Waals surface area contributed by atoms with E-state index in [4.69, 9.17) is 10.5 Å². The topological polar surface area (TPSA) is 97.1 Å². The summed E-state index contributed by atoms with van der Waals surface area (Å²) < 4.78 is 7.50. The van der Waals surface area contributed by atoms with Crippen LogP contribution in [0.3, 0.4) is 0 Å². The van der Waals surface area contributed by atoms with Gasteiger partial charge in [0.2, 0.25) is 11.8 Å². The molecule has 0 fully saturated rings. The van der Waals surface area contributed by atoms with Gasteiger partial charge in [-0.3, -0.25) is 0 Å². The Kier molecular flexibility index (Phi) is 3.63. The van der Waals surface area contributed by atoms with Crippen LogP contribution in [-0.4, -0.2) is 14.9 Å². The zero-order chi connectivity index (χ0) is 18.3. The summed E-state index contributed by atoms with van der Waals surface area (Å²) >= 11 is 0. The molecule has 0 amide bonds. The van der Waals surface area contributed by atoms with Gasteiger partial charge in [-0.15, -0.1) is 0 Å². The van der Waals surface area contributed by atoms with Crippen molar-refractivity contribution in [1.29, 1.82) is 5.26 Å². The average Bonchev–Trinajstić information content (AvgIpc) is 2.98. The molecule has 1 atom stereocenters. The van der Waals surface area contributed by atoms with Crippen molar-refractivity contribution >= 4 is 0 Å². The zero-order valence-electron chi connectivity index (χ0n) is 14.0. The van der Waals surface area contributed by atoms with Gasteiger partial charge in [0.25, 0.3) is 0 Å². The molecule has 2 heterocycles. The molecule has 0 spiro atoms. The number of ether oxygens (including phenoxy) is 1. The molecular weight excluding hydrogens is 328 g/mol. The lowest BCUT2D eigenvalue weighted by atomic mass is 9.84. The highest BCUT2D eigenvalue weighted by atomic mass is 16.5. The van der Waals surface area contributed by atoms with Gasteiger partial charge in [0.15, 0.2) is 0 Å². The lowest BCUT2D eigenvalue weighted by molar-refractivity contribution is 0.367. The van der Waals surface area contributed by atoms with Crippen molar-refractivity contribution < 1.29 is 9.84 Å². The minimum atomic E-state index is -0.401. The molecular formula is C20H16N4O2. The summed E-state index contributed by atoms with van der Waals surface area (Å²) in [5, 5.41) is 23.8. The normalized spacial score (nSPS) is 15.9. The maximum Gasteiger partial charge on any atom is 0.229 e. The molecule has 0 saturated carbocycles. The maximum absolute atomic E-state index is 9.64. The fourth-order valence-corrected chi connectivity index (χ4v) is 3.26. The number of aryl methyl sites for hydroxylation is 1. The van der Waals surface area contributed by atoms with Crippen molar-refractivity contribution in [3.63, 3.8) is 0 Å². The minimum absolute atomic E-state index is 0.0650. The fourth-order valence-electron chi connectivity index (χ4n) is 3.26. The lowest BCUT2D eigenvalue weighted by Gasteiger charge is -2.24. The third kappa shape index (κ3) is 2.38. The van der Waals surface area contributed by atoms with E-state index in [1.807, 2.05) is 37.3 Å². The number of nitrogens with zero attached hydrogens (tertiary/aromatic N) is 3. The van der Waals surface area contributed by atoms with Crippen LogP contribution in [0.4, 0.5) is 0 Å². The predicted molar refractivity (Wildman–Crippen MR) is 95.7 cm³/mol. The van der Waals surface area contributed by atoms with Crippen molar-refractivity contribution in [1.82, 2.24) is 9.78 Å². The van der Waals surface area contributed by atoms with Crippen molar-refractivity contribution in [3.05, 3.63) is 82.9 Å². The smallest absolute Gasteiger partial charge is 0.229 e. The number of aromatic nitrogens is 2. The summed E-state index contributed by atoms with van der Waals surface area (Å²) in [7, 11) is 0. The van der Waals surface area contributed by atoms with Crippen LogP contribution in [0, 0.1) is 18.3 Å². The molecule has 0 aliphatic carbocycles. The molecule has 3 aromatic rings. The molecule has 0 saturated heterocycles. The molecule has 2 aromatic carbocycles. The van der Waals surface area contributed by atoms with E-state index in [1.165, 1.54) is 0 Å². The number of nitrogens with two attached hydrogens (primary N) is 1. The van der Waals surface area contributed by atoms with Gasteiger partial charge in [-0.05, 0) is 36.8 Å². The molecule has 1 aliphatic rings. The van der Waals surface area contributed by atoms with Gasteiger partial charge >= 0.3 is 0 Å². The van der Waals surface area contributed by atoms with E-state index in [2.05, 4.69) is 11.2 Å². The summed E-state index contributed by atoms with van der Waals surface area (Å²) in [5.41, 5.74) is 9.62. The largest absolute Gasteiger partial charge is 0.508 e. The molecule has 3 N–H and O–H groups in total. The van der Waals surface area contributed by atoms with E-state index in [0.717, 1.165) is 22.5 Å². The van der Waals surface area contributed by atoms with E-state index in [-0.39, 0.29) is 11.6 Å². The summed E-state index contributed by atoms with van der Waals surface area (Å²) in [6.45, 7) is 1.88. The number of fused-ring (bicyclic) bond motifs is 1. The predicted octanol–water partition coefficient (Wildman–Crippen LogP) is 3.10. The first-order valence-corrected chi connectivity index (χ1v) is 8.11. The number of hydrogen-bond acceptors (Lipinski definition) is 5. The van der Waals surface area contributed by atoms with E-state index >= 15 is 0 Å². The number of hydrogen-bond donors (Lipinski definition) is 2. The van der Waals surface area contributed by atoms with Gasteiger partial charge in [0, 0.05) is 0 Å². The number of allylic oxidation sites excluding steroid dienone is 1. The van der Waals surface area contributed by atoms with Crippen molar-refractivity contribution in [2.45, 2.75) is 12.8 Å². The van der Waals surface area contributed by atoms with Gasteiger partial charge in [0.1, 0.15) is 17.4 Å². The number of aromatic hydroxyl groups is 1. The zero-order valence-corrected chi connectivity index (χ0v) is 14.0. The summed E-state index contributed by atoms with van der Waals surface area (Å²) in [4.78, 5) is 0. The Morgan fingerprint density at radius 3 is 2.50 bits per heavy atom. The van der Waals surface area contributed by atoms with E-state index in [1.54, 1.807) is 28.9 Å². The molecule has 1 aromatic heterocycles. The Morgan fingerprint density at radius 1 is 1.15 bits per heavy atom. The average molecular weight is 344 g/mol. The van der Waals surface area contributed by atoms with Crippen molar-refractivity contribution in [3.8, 4) is 23.4 Å². The number of rotatable bonds is 2. The van der Waals surface area contributed by atoms with Crippen molar-refractivity contribution in [2.75, 3.05) is 0 Å². The summed E-state index contributed by atoms with van der Waals surface area (Å²) in [6.07, 6.45) is 0. The Morgan fingerprint density at radius 2 is 1.85 bits per heavy atom. The van der Waals surface area contributed by atoms with Crippen LogP contribution in [0.25, 0.3) is 5.69 Å². The molecule has 6 heteroatoms. The first-order chi connectivity index (χ1) is 12.6. The van der Waals surface area contributed by atoms with E-state index < -0.39 is 5.92 Å². The minimum Gasteiger partial charge on any atom is -0.508 e. The van der Waals surface area contributed by atoms with Crippen LogP contribution in [-0.2, 0) is 0 Å². The van der Waals surface area contributed by atoms with E-state index in [9.17, 15) is 10.4 Å². The van der Waals surface area contributed by atoms with Gasteiger partial charge in [-0.25, -0.2) is 4.68 Å². The van der Waals surface area contributed by atoms with E-state index in [0.29, 0.717) is 11.5 Å². The SMILES string of the molecule is Cc1nn(-c2ccccc2)c2c1[C@H](c1ccc(O)cc1)C(C#N)=C(N)O2. The van der Waals surface area contributed by atoms with Crippen molar-refractivity contribution in [2.24, 2.45) is 5.73 Å². The molecule has 6 nitrogen and oxygen atoms in total. The third-order valence-electron chi connectivity index (χ3n) is 4.46. The van der Waals surface area contributed by atoms with Crippen LogP contribution >= 0.6 is 0 Å². The highest BCUT2D eigenvalue weighted by Crippen LogP contribution is 2.44. The summed E-state index contributed by atoms with van der Waals surface area (Å²) in [6, 6.07) is 18.5. The Balaban J connectivity index is 1.95. The highest BCUT2D eigenvalue weighted by molar-refractivity contribution is 5.57. The van der Waals surface area contributed by atoms with Gasteiger partial charge in [-0.2, -0.15) is 10.4 Å². The standard InChI is InChI=1S/C20H16N4O2/c1-12-17-18(13-7-9-15(25)10-8-13)16(11-21)19(22)26-20(17)24(23-12)14-5-3-2-4-6-14/h2-10,18,25H,22H2,1H3/t18-/m1/s1. The first-order valence-electron chi connectivity index (χ1n) is 8.11. The lowest BCUT2D eigenvalue weighted by Crippen LogP contribution is -2.22. The molecule has 0 radical (unpaired) electrons. The third-order valence-corrected chi connectivity index (χ3v) is 4.46. The molecule has 1 aliphatic heterocycles. The number of para-hydroxylation sites is 1. The second-order valence-corrected chi connectivity index (χ2v) is 6.07. The van der Waals surface area contributed by atoms with Gasteiger partial charge in [0.05, 0.1) is 22.9 Å². The number of benzene rings is 2. The number of nitriles is 1.